The second-order valence-corrected chi connectivity index (χ2v) is 7.12. The number of aryl methyl sites for hydroxylation is 2. The fourth-order valence-corrected chi connectivity index (χ4v) is 4.04. The summed E-state index contributed by atoms with van der Waals surface area (Å²) < 4.78 is 2.09. The molecule has 4 rings (SSSR count). The topological polar surface area (TPSA) is 55.9 Å². The quantitative estimate of drug-likeness (QED) is 0.625. The molecule has 4 heteroatoms. The minimum absolute atomic E-state index is 0.0719. The zero-order chi connectivity index (χ0) is 20.1. The molecular formula is C24H30N4. The molecule has 1 aliphatic rings. The number of hydrogen-bond donors (Lipinski definition) is 2. The summed E-state index contributed by atoms with van der Waals surface area (Å²) in [5.74, 6) is 1.09. The molecule has 2 aromatic carbocycles. The Morgan fingerprint density at radius 3 is 2.50 bits per heavy atom. The van der Waals surface area contributed by atoms with Crippen molar-refractivity contribution in [2.75, 3.05) is 5.32 Å². The van der Waals surface area contributed by atoms with Crippen molar-refractivity contribution < 1.29 is 0 Å². The number of hydrogen-bond acceptors (Lipinski definition) is 3. The Balaban J connectivity index is 0.000000706. The van der Waals surface area contributed by atoms with Crippen LogP contribution in [0.15, 0.2) is 73.6 Å². The minimum Gasteiger partial charge on any atom is -0.377 e. The van der Waals surface area contributed by atoms with Gasteiger partial charge in [0.25, 0.3) is 0 Å². The Kier molecular flexibility index (Phi) is 6.32. The van der Waals surface area contributed by atoms with Crippen molar-refractivity contribution in [3.63, 3.8) is 0 Å². The fraction of sp³-hybridized carbons (Fsp3) is 0.292. The number of imidazole rings is 1. The number of aromatic nitrogens is 2. The van der Waals surface area contributed by atoms with E-state index in [4.69, 9.17) is 5.73 Å². The third kappa shape index (κ3) is 3.73. The van der Waals surface area contributed by atoms with Crippen molar-refractivity contribution in [3.05, 3.63) is 96.1 Å². The summed E-state index contributed by atoms with van der Waals surface area (Å²) in [4.78, 5) is 4.64. The maximum atomic E-state index is 6.86. The van der Waals surface area contributed by atoms with Crippen LogP contribution in [0.4, 0.5) is 5.69 Å². The summed E-state index contributed by atoms with van der Waals surface area (Å²) in [7, 11) is 2.04. The van der Waals surface area contributed by atoms with Crippen molar-refractivity contribution in [3.8, 4) is 0 Å². The number of nitrogens with two attached hydrogens (primary N) is 1. The molecule has 4 nitrogen and oxygen atoms in total. The van der Waals surface area contributed by atoms with Gasteiger partial charge < -0.3 is 15.6 Å². The van der Waals surface area contributed by atoms with Crippen molar-refractivity contribution in [1.82, 2.24) is 9.55 Å². The van der Waals surface area contributed by atoms with E-state index in [1.807, 2.05) is 32.4 Å². The Bertz CT molecular complexity index is 913. The maximum absolute atomic E-state index is 6.86. The second-order valence-electron chi connectivity index (χ2n) is 7.12. The summed E-state index contributed by atoms with van der Waals surface area (Å²) in [5, 5.41) is 3.75. The van der Waals surface area contributed by atoms with Crippen LogP contribution in [0.25, 0.3) is 0 Å². The van der Waals surface area contributed by atoms with E-state index >= 15 is 0 Å². The summed E-state index contributed by atoms with van der Waals surface area (Å²) in [6, 6.07) is 17.0. The van der Waals surface area contributed by atoms with Crippen molar-refractivity contribution in [1.29, 1.82) is 0 Å². The van der Waals surface area contributed by atoms with Gasteiger partial charge in [0.15, 0.2) is 0 Å². The van der Waals surface area contributed by atoms with Crippen molar-refractivity contribution >= 4 is 5.69 Å². The largest absolute Gasteiger partial charge is 0.377 e. The van der Waals surface area contributed by atoms with E-state index < -0.39 is 0 Å². The van der Waals surface area contributed by atoms with E-state index in [0.29, 0.717) is 0 Å². The van der Waals surface area contributed by atoms with Gasteiger partial charge in [-0.05, 0) is 36.1 Å². The highest BCUT2D eigenvalue weighted by atomic mass is 15.1. The highest BCUT2D eigenvalue weighted by molar-refractivity contribution is 5.61. The van der Waals surface area contributed by atoms with Gasteiger partial charge in [0.05, 0.1) is 12.0 Å². The smallest absolute Gasteiger partial charge is 0.115 e. The summed E-state index contributed by atoms with van der Waals surface area (Å²) in [6.07, 6.45) is 6.57. The van der Waals surface area contributed by atoms with Crippen LogP contribution < -0.4 is 11.1 Å². The molecule has 0 saturated carbocycles. The Morgan fingerprint density at radius 1 is 1.18 bits per heavy atom. The number of rotatable bonds is 3. The Morgan fingerprint density at radius 2 is 1.89 bits per heavy atom. The van der Waals surface area contributed by atoms with Crippen LogP contribution in [0.2, 0.25) is 0 Å². The number of anilines is 1. The van der Waals surface area contributed by atoms with Crippen LogP contribution in [0.1, 0.15) is 54.4 Å². The van der Waals surface area contributed by atoms with E-state index in [-0.39, 0.29) is 18.0 Å². The molecule has 0 spiro atoms. The lowest BCUT2D eigenvalue weighted by Crippen LogP contribution is -2.36. The molecule has 3 N–H and O–H groups in total. The average molecular weight is 375 g/mol. The molecule has 0 saturated heterocycles. The van der Waals surface area contributed by atoms with Gasteiger partial charge in [-0.25, -0.2) is 4.98 Å². The lowest BCUT2D eigenvalue weighted by molar-refractivity contribution is 0.439. The normalized spacial score (nSPS) is 20.4. The SMILES string of the molecule is C=CC.CCc1cccc2c1C(N)C(c1nccn1C)C(c1ccccc1)N2. The summed E-state index contributed by atoms with van der Waals surface area (Å²) in [5.41, 5.74) is 11.8. The molecule has 1 aromatic heterocycles. The van der Waals surface area contributed by atoms with Crippen LogP contribution in [0.3, 0.4) is 0 Å². The number of fused-ring (bicyclic) bond motifs is 1. The third-order valence-electron chi connectivity index (χ3n) is 5.28. The Labute approximate surface area is 168 Å². The van der Waals surface area contributed by atoms with E-state index in [1.54, 1.807) is 6.08 Å². The number of nitrogens with one attached hydrogen (secondary N) is 1. The molecule has 0 amide bonds. The first-order valence-corrected chi connectivity index (χ1v) is 9.85. The highest BCUT2D eigenvalue weighted by Crippen LogP contribution is 2.48. The number of nitrogens with zero attached hydrogens (tertiary/aromatic N) is 2. The summed E-state index contributed by atoms with van der Waals surface area (Å²) in [6.45, 7) is 7.43. The molecule has 146 valence electrons. The summed E-state index contributed by atoms with van der Waals surface area (Å²) >= 11 is 0. The molecule has 2 heterocycles. The van der Waals surface area contributed by atoms with E-state index in [9.17, 15) is 0 Å². The second kappa shape index (κ2) is 8.89. The molecule has 3 aromatic rings. The van der Waals surface area contributed by atoms with E-state index in [0.717, 1.165) is 17.9 Å². The molecule has 0 bridgehead atoms. The monoisotopic (exact) mass is 374 g/mol. The van der Waals surface area contributed by atoms with E-state index in [2.05, 4.69) is 70.8 Å². The lowest BCUT2D eigenvalue weighted by atomic mass is 9.77. The van der Waals surface area contributed by atoms with Gasteiger partial charge in [0.1, 0.15) is 5.82 Å². The maximum Gasteiger partial charge on any atom is 0.115 e. The highest BCUT2D eigenvalue weighted by Gasteiger charge is 2.39. The van der Waals surface area contributed by atoms with Gasteiger partial charge in [-0.3, -0.25) is 0 Å². The zero-order valence-corrected chi connectivity index (χ0v) is 17.0. The van der Waals surface area contributed by atoms with Gasteiger partial charge in [0, 0.05) is 31.2 Å². The number of allylic oxidation sites excluding steroid dienone is 1. The first-order chi connectivity index (χ1) is 13.6. The van der Waals surface area contributed by atoms with Crippen LogP contribution >= 0.6 is 0 Å². The molecule has 0 fully saturated rings. The minimum atomic E-state index is -0.0984. The molecule has 28 heavy (non-hydrogen) atoms. The average Bonchev–Trinajstić information content (AvgIpc) is 3.14. The van der Waals surface area contributed by atoms with Gasteiger partial charge in [-0.2, -0.15) is 0 Å². The first-order valence-electron chi connectivity index (χ1n) is 9.85. The fourth-order valence-electron chi connectivity index (χ4n) is 4.04. The molecular weight excluding hydrogens is 344 g/mol. The van der Waals surface area contributed by atoms with Crippen LogP contribution in [-0.4, -0.2) is 9.55 Å². The Hall–Kier alpha value is -2.85. The predicted octanol–water partition coefficient (Wildman–Crippen LogP) is 5.13. The molecule has 0 aliphatic carbocycles. The molecule has 3 unspecified atom stereocenters. The standard InChI is InChI=1S/C21H24N4.C3H6/c1-3-14-10-7-11-16-17(14)19(22)18(21-23-12-13-25(21)2)20(24-16)15-8-5-4-6-9-15;1-3-2/h4-13,18-20,24H,3,22H2,1-2H3;3H,1H2,2H3. The van der Waals surface area contributed by atoms with Crippen LogP contribution in [0, 0.1) is 0 Å². The van der Waals surface area contributed by atoms with Gasteiger partial charge >= 0.3 is 0 Å². The van der Waals surface area contributed by atoms with Crippen molar-refractivity contribution in [2.45, 2.75) is 38.3 Å². The van der Waals surface area contributed by atoms with Crippen molar-refractivity contribution in [2.24, 2.45) is 12.8 Å². The van der Waals surface area contributed by atoms with Gasteiger partial charge in [-0.15, -0.1) is 6.58 Å². The van der Waals surface area contributed by atoms with Crippen LogP contribution in [0.5, 0.6) is 0 Å². The van der Waals surface area contributed by atoms with Gasteiger partial charge in [-0.1, -0.05) is 55.5 Å². The zero-order valence-electron chi connectivity index (χ0n) is 17.0. The van der Waals surface area contributed by atoms with Crippen LogP contribution in [-0.2, 0) is 13.5 Å². The lowest BCUT2D eigenvalue weighted by Gasteiger charge is -2.40. The predicted molar refractivity (Wildman–Crippen MR) is 117 cm³/mol. The molecule has 3 atom stereocenters. The molecule has 0 radical (unpaired) electrons. The third-order valence-corrected chi connectivity index (χ3v) is 5.28. The van der Waals surface area contributed by atoms with Gasteiger partial charge in [0.2, 0.25) is 0 Å². The molecule has 1 aliphatic heterocycles. The first kappa shape index (κ1) is 19.9. The van der Waals surface area contributed by atoms with E-state index in [1.165, 1.54) is 16.7 Å². The number of benzene rings is 2.